The molecule has 0 saturated carbocycles. The van der Waals surface area contributed by atoms with Crippen LogP contribution in [0.4, 0.5) is 4.79 Å². The summed E-state index contributed by atoms with van der Waals surface area (Å²) in [7, 11) is 0. The highest BCUT2D eigenvalue weighted by atomic mass is 16.5. The standard InChI is InChI=1S/C28H34N2O5/c1-5-28(4,26(33)30-24(25(31)32)15-14-18(2)3)17-29-27(34)35-16-23-21-12-8-6-10-19(21)20-11-7-9-13-22(20)23/h6-14,23-24H,5,15-17H2,1-4H3,(H,29,34)(H,30,33)(H,31,32). The molecule has 186 valence electrons. The van der Waals surface area contributed by atoms with E-state index in [4.69, 9.17) is 4.74 Å². The quantitative estimate of drug-likeness (QED) is 0.423. The highest BCUT2D eigenvalue weighted by molar-refractivity contribution is 5.88. The number of allylic oxidation sites excluding steroid dienone is 1. The second-order valence-electron chi connectivity index (χ2n) is 9.47. The number of ether oxygens (including phenoxy) is 1. The number of alkyl carbamates (subject to hydrolysis) is 1. The van der Waals surface area contributed by atoms with Gasteiger partial charge in [-0.15, -0.1) is 0 Å². The highest BCUT2D eigenvalue weighted by Gasteiger charge is 2.35. The van der Waals surface area contributed by atoms with Gasteiger partial charge in [0, 0.05) is 12.5 Å². The van der Waals surface area contributed by atoms with Crippen molar-refractivity contribution in [1.82, 2.24) is 10.6 Å². The first-order valence-corrected chi connectivity index (χ1v) is 11.9. The van der Waals surface area contributed by atoms with E-state index in [9.17, 15) is 19.5 Å². The Morgan fingerprint density at radius 3 is 2.14 bits per heavy atom. The van der Waals surface area contributed by atoms with Crippen molar-refractivity contribution in [2.24, 2.45) is 5.41 Å². The van der Waals surface area contributed by atoms with Crippen LogP contribution < -0.4 is 10.6 Å². The Labute approximate surface area is 206 Å². The number of nitrogens with one attached hydrogen (secondary N) is 2. The molecule has 2 unspecified atom stereocenters. The molecule has 2 atom stereocenters. The van der Waals surface area contributed by atoms with Crippen LogP contribution in [0.25, 0.3) is 11.1 Å². The zero-order valence-electron chi connectivity index (χ0n) is 20.8. The van der Waals surface area contributed by atoms with Crippen LogP contribution in [0.2, 0.25) is 0 Å². The maximum Gasteiger partial charge on any atom is 0.407 e. The van der Waals surface area contributed by atoms with E-state index < -0.39 is 29.4 Å². The number of benzene rings is 2. The van der Waals surface area contributed by atoms with Crippen molar-refractivity contribution in [3.8, 4) is 11.1 Å². The van der Waals surface area contributed by atoms with Crippen molar-refractivity contribution in [2.45, 2.75) is 52.5 Å². The van der Waals surface area contributed by atoms with Gasteiger partial charge >= 0.3 is 12.1 Å². The number of hydrogen-bond acceptors (Lipinski definition) is 4. The first kappa shape index (κ1) is 26.0. The van der Waals surface area contributed by atoms with Crippen molar-refractivity contribution in [3.63, 3.8) is 0 Å². The molecule has 0 spiro atoms. The van der Waals surface area contributed by atoms with Gasteiger partial charge in [0.2, 0.25) is 5.91 Å². The number of rotatable bonds is 10. The SMILES string of the molecule is CCC(C)(CNC(=O)OCC1c2ccccc2-c2ccccc21)C(=O)NC(CC=C(C)C)C(=O)O. The smallest absolute Gasteiger partial charge is 0.407 e. The minimum atomic E-state index is -1.10. The van der Waals surface area contributed by atoms with Crippen LogP contribution in [0.5, 0.6) is 0 Å². The molecule has 1 aliphatic carbocycles. The average molecular weight is 479 g/mol. The molecule has 2 amide bonds. The van der Waals surface area contributed by atoms with E-state index in [0.717, 1.165) is 27.8 Å². The molecule has 7 nitrogen and oxygen atoms in total. The third kappa shape index (κ3) is 6.10. The van der Waals surface area contributed by atoms with Crippen LogP contribution >= 0.6 is 0 Å². The van der Waals surface area contributed by atoms with Crippen molar-refractivity contribution in [3.05, 3.63) is 71.3 Å². The van der Waals surface area contributed by atoms with Crippen molar-refractivity contribution in [1.29, 1.82) is 0 Å². The summed E-state index contributed by atoms with van der Waals surface area (Å²) in [5.41, 5.74) is 4.53. The first-order valence-electron chi connectivity index (χ1n) is 11.9. The van der Waals surface area contributed by atoms with Crippen molar-refractivity contribution >= 4 is 18.0 Å². The summed E-state index contributed by atoms with van der Waals surface area (Å²) >= 11 is 0. The second kappa shape index (κ2) is 11.2. The molecule has 35 heavy (non-hydrogen) atoms. The van der Waals surface area contributed by atoms with E-state index in [1.54, 1.807) is 13.0 Å². The van der Waals surface area contributed by atoms with Crippen molar-refractivity contribution < 1.29 is 24.2 Å². The third-order valence-electron chi connectivity index (χ3n) is 6.66. The number of carboxylic acid groups (broad SMARTS) is 1. The summed E-state index contributed by atoms with van der Waals surface area (Å²) in [6.07, 6.45) is 1.77. The number of carbonyl (C=O) groups is 3. The summed E-state index contributed by atoms with van der Waals surface area (Å²) in [5.74, 6) is -1.58. The minimum Gasteiger partial charge on any atom is -0.480 e. The Bertz CT molecular complexity index is 1080. The first-order chi connectivity index (χ1) is 16.7. The largest absolute Gasteiger partial charge is 0.480 e. The van der Waals surface area contributed by atoms with E-state index in [0.29, 0.717) is 6.42 Å². The highest BCUT2D eigenvalue weighted by Crippen LogP contribution is 2.44. The Balaban J connectivity index is 1.59. The summed E-state index contributed by atoms with van der Waals surface area (Å²) in [6.45, 7) is 7.47. The van der Waals surface area contributed by atoms with Gasteiger partial charge in [-0.1, -0.05) is 67.1 Å². The molecule has 1 aliphatic rings. The summed E-state index contributed by atoms with van der Waals surface area (Å²) in [6, 6.07) is 15.2. The fraction of sp³-hybridized carbons (Fsp3) is 0.393. The number of amides is 2. The van der Waals surface area contributed by atoms with Gasteiger partial charge in [-0.2, -0.15) is 0 Å². The number of hydrogen-bond donors (Lipinski definition) is 3. The number of carboxylic acids is 1. The summed E-state index contributed by atoms with van der Waals surface area (Å²) < 4.78 is 5.56. The summed E-state index contributed by atoms with van der Waals surface area (Å²) in [5, 5.41) is 14.8. The molecule has 0 aromatic heterocycles. The van der Waals surface area contributed by atoms with Gasteiger partial charge in [0.05, 0.1) is 5.41 Å². The van der Waals surface area contributed by atoms with Crippen molar-refractivity contribution in [2.75, 3.05) is 13.2 Å². The lowest BCUT2D eigenvalue weighted by molar-refractivity contribution is -0.143. The average Bonchev–Trinajstić information content (AvgIpc) is 3.17. The zero-order valence-corrected chi connectivity index (χ0v) is 20.8. The molecule has 0 radical (unpaired) electrons. The van der Waals surface area contributed by atoms with Gasteiger partial charge < -0.3 is 20.5 Å². The molecule has 3 N–H and O–H groups in total. The van der Waals surface area contributed by atoms with Crippen LogP contribution in [0, 0.1) is 5.41 Å². The molecule has 0 heterocycles. The molecule has 7 heteroatoms. The number of aliphatic carboxylic acids is 1. The van der Waals surface area contributed by atoms with Gasteiger partial charge in [0.15, 0.2) is 0 Å². The van der Waals surface area contributed by atoms with Crippen LogP contribution in [0.3, 0.4) is 0 Å². The Kier molecular flexibility index (Phi) is 8.33. The Morgan fingerprint density at radius 2 is 1.63 bits per heavy atom. The normalized spacial score (nSPS) is 14.6. The maximum absolute atomic E-state index is 12.9. The summed E-state index contributed by atoms with van der Waals surface area (Å²) in [4.78, 5) is 37.1. The third-order valence-corrected chi connectivity index (χ3v) is 6.66. The van der Waals surface area contributed by atoms with Crippen LogP contribution in [0.15, 0.2) is 60.2 Å². The van der Waals surface area contributed by atoms with E-state index in [-0.39, 0.29) is 25.5 Å². The molecule has 2 aromatic rings. The predicted molar refractivity (Wildman–Crippen MR) is 135 cm³/mol. The van der Waals surface area contributed by atoms with Gasteiger partial charge in [-0.25, -0.2) is 9.59 Å². The molecule has 0 fully saturated rings. The van der Waals surface area contributed by atoms with Crippen LogP contribution in [-0.2, 0) is 14.3 Å². The van der Waals surface area contributed by atoms with E-state index >= 15 is 0 Å². The number of carbonyl (C=O) groups excluding carboxylic acids is 2. The zero-order chi connectivity index (χ0) is 25.6. The van der Waals surface area contributed by atoms with E-state index in [1.165, 1.54) is 0 Å². The lowest BCUT2D eigenvalue weighted by atomic mass is 9.86. The van der Waals surface area contributed by atoms with E-state index in [1.807, 2.05) is 57.2 Å². The monoisotopic (exact) mass is 478 g/mol. The lowest BCUT2D eigenvalue weighted by Crippen LogP contribution is -2.51. The fourth-order valence-corrected chi connectivity index (χ4v) is 4.19. The van der Waals surface area contributed by atoms with Crippen LogP contribution in [-0.4, -0.2) is 42.3 Å². The fourth-order valence-electron chi connectivity index (χ4n) is 4.19. The van der Waals surface area contributed by atoms with Gasteiger partial charge in [0.25, 0.3) is 0 Å². The Morgan fingerprint density at radius 1 is 1.06 bits per heavy atom. The van der Waals surface area contributed by atoms with Gasteiger partial charge in [0.1, 0.15) is 12.6 Å². The Hall–Kier alpha value is -3.61. The number of fused-ring (bicyclic) bond motifs is 3. The van der Waals surface area contributed by atoms with Gasteiger partial charge in [-0.05, 0) is 55.9 Å². The minimum absolute atomic E-state index is 0.0288. The van der Waals surface area contributed by atoms with Crippen LogP contribution in [0.1, 0.15) is 57.6 Å². The molecular formula is C28H34N2O5. The van der Waals surface area contributed by atoms with Gasteiger partial charge in [-0.3, -0.25) is 4.79 Å². The molecular weight excluding hydrogens is 444 g/mol. The van der Waals surface area contributed by atoms with E-state index in [2.05, 4.69) is 22.8 Å². The molecule has 3 rings (SSSR count). The topological polar surface area (TPSA) is 105 Å². The predicted octanol–water partition coefficient (Wildman–Crippen LogP) is 4.87. The second-order valence-corrected chi connectivity index (χ2v) is 9.47. The molecule has 0 bridgehead atoms. The molecule has 2 aromatic carbocycles. The molecule has 0 aliphatic heterocycles. The lowest BCUT2D eigenvalue weighted by Gasteiger charge is -2.28. The molecule has 0 saturated heterocycles. The maximum atomic E-state index is 12.9.